The Balaban J connectivity index is 1.37. The van der Waals surface area contributed by atoms with Gasteiger partial charge in [-0.05, 0) is 62.1 Å². The van der Waals surface area contributed by atoms with Crippen LogP contribution in [-0.4, -0.2) is 40.1 Å². The molecule has 3 aromatic rings. The Morgan fingerprint density at radius 2 is 1.90 bits per heavy atom. The number of aromatic nitrogens is 2. The Labute approximate surface area is 178 Å². The summed E-state index contributed by atoms with van der Waals surface area (Å²) in [7, 11) is 0. The van der Waals surface area contributed by atoms with Gasteiger partial charge in [0, 0.05) is 19.1 Å². The number of fused-ring (bicyclic) bond motifs is 1. The van der Waals surface area contributed by atoms with Crippen molar-refractivity contribution < 1.29 is 22.7 Å². The van der Waals surface area contributed by atoms with E-state index in [1.807, 2.05) is 36.6 Å². The monoisotopic (exact) mass is 431 g/mol. The molecule has 31 heavy (non-hydrogen) atoms. The normalized spacial score (nSPS) is 15.5. The summed E-state index contributed by atoms with van der Waals surface area (Å²) in [6.07, 6.45) is -1.37. The van der Waals surface area contributed by atoms with Gasteiger partial charge in [0.2, 0.25) is 0 Å². The second-order valence-corrected chi connectivity index (χ2v) is 7.95. The van der Waals surface area contributed by atoms with Crippen LogP contribution in [0.4, 0.5) is 13.2 Å². The number of ether oxygens (including phenoxy) is 1. The van der Waals surface area contributed by atoms with Gasteiger partial charge in [0.15, 0.2) is 6.61 Å². The van der Waals surface area contributed by atoms with Crippen molar-refractivity contribution in [3.05, 3.63) is 59.4 Å². The van der Waals surface area contributed by atoms with Crippen LogP contribution in [0.5, 0.6) is 5.75 Å². The van der Waals surface area contributed by atoms with E-state index in [-0.39, 0.29) is 18.6 Å². The maximum atomic E-state index is 12.9. The molecule has 1 amide bonds. The third-order valence-electron chi connectivity index (χ3n) is 6.02. The number of carbonyl (C=O) groups is 1. The minimum atomic E-state index is -4.39. The molecule has 0 radical (unpaired) electrons. The van der Waals surface area contributed by atoms with Gasteiger partial charge in [-0.1, -0.05) is 12.1 Å². The summed E-state index contributed by atoms with van der Waals surface area (Å²) < 4.78 is 46.4. The average molecular weight is 431 g/mol. The molecule has 0 N–H and O–H groups in total. The van der Waals surface area contributed by atoms with Gasteiger partial charge in [0.05, 0.1) is 22.9 Å². The van der Waals surface area contributed by atoms with E-state index in [0.717, 1.165) is 23.3 Å². The van der Waals surface area contributed by atoms with Gasteiger partial charge in [-0.25, -0.2) is 4.98 Å². The quantitative estimate of drug-likeness (QED) is 0.590. The summed E-state index contributed by atoms with van der Waals surface area (Å²) in [6.45, 7) is 5.09. The molecule has 8 heteroatoms. The predicted molar refractivity (Wildman–Crippen MR) is 111 cm³/mol. The third-order valence-corrected chi connectivity index (χ3v) is 6.02. The van der Waals surface area contributed by atoms with Crippen molar-refractivity contribution in [1.29, 1.82) is 0 Å². The van der Waals surface area contributed by atoms with Crippen LogP contribution in [0.2, 0.25) is 0 Å². The molecule has 2 aromatic carbocycles. The lowest BCUT2D eigenvalue weighted by Gasteiger charge is -2.33. The molecule has 1 fully saturated rings. The summed E-state index contributed by atoms with van der Waals surface area (Å²) in [5.74, 6) is 0.649. The van der Waals surface area contributed by atoms with E-state index in [4.69, 9.17) is 4.74 Å². The summed E-state index contributed by atoms with van der Waals surface area (Å²) in [4.78, 5) is 18.5. The molecule has 1 saturated heterocycles. The van der Waals surface area contributed by atoms with Gasteiger partial charge in [-0.3, -0.25) is 4.79 Å². The largest absolute Gasteiger partial charge is 0.483 e. The van der Waals surface area contributed by atoms with E-state index >= 15 is 0 Å². The molecular weight excluding hydrogens is 407 g/mol. The first-order chi connectivity index (χ1) is 14.7. The molecule has 164 valence electrons. The summed E-state index contributed by atoms with van der Waals surface area (Å²) in [6, 6.07) is 9.49. The van der Waals surface area contributed by atoms with Crippen LogP contribution in [0.1, 0.15) is 35.6 Å². The molecule has 0 atom stereocenters. The minimum absolute atomic E-state index is 0.0107. The highest BCUT2D eigenvalue weighted by Crippen LogP contribution is 2.33. The number of amides is 1. The fourth-order valence-electron chi connectivity index (χ4n) is 4.00. The topological polar surface area (TPSA) is 47.4 Å². The van der Waals surface area contributed by atoms with E-state index < -0.39 is 11.7 Å². The lowest BCUT2D eigenvalue weighted by Crippen LogP contribution is -2.41. The predicted octanol–water partition coefficient (Wildman–Crippen LogP) is 4.91. The average Bonchev–Trinajstić information content (AvgIpc) is 3.17. The molecule has 1 aromatic heterocycles. The van der Waals surface area contributed by atoms with E-state index in [1.165, 1.54) is 6.07 Å². The smallest absolute Gasteiger partial charge is 0.416 e. The van der Waals surface area contributed by atoms with Crippen molar-refractivity contribution >= 4 is 16.9 Å². The van der Waals surface area contributed by atoms with Gasteiger partial charge < -0.3 is 14.2 Å². The molecule has 1 aliphatic heterocycles. The highest BCUT2D eigenvalue weighted by Gasteiger charge is 2.31. The van der Waals surface area contributed by atoms with Crippen molar-refractivity contribution in [2.75, 3.05) is 19.7 Å². The van der Waals surface area contributed by atoms with E-state index in [0.29, 0.717) is 42.7 Å². The van der Waals surface area contributed by atoms with Crippen molar-refractivity contribution in [3.63, 3.8) is 0 Å². The van der Waals surface area contributed by atoms with Crippen molar-refractivity contribution in [2.45, 2.75) is 38.9 Å². The fraction of sp³-hybridized carbons (Fsp3) is 0.391. The molecule has 0 saturated carbocycles. The molecule has 0 bridgehead atoms. The zero-order chi connectivity index (χ0) is 22.2. The van der Waals surface area contributed by atoms with E-state index in [2.05, 4.69) is 4.98 Å². The fourth-order valence-corrected chi connectivity index (χ4v) is 4.00. The van der Waals surface area contributed by atoms with Gasteiger partial charge in [-0.15, -0.1) is 0 Å². The molecule has 5 nitrogen and oxygen atoms in total. The molecule has 4 rings (SSSR count). The first kappa shape index (κ1) is 21.2. The van der Waals surface area contributed by atoms with Gasteiger partial charge >= 0.3 is 6.18 Å². The summed E-state index contributed by atoms with van der Waals surface area (Å²) in [5, 5.41) is 0. The number of halogens is 3. The van der Waals surface area contributed by atoms with Crippen LogP contribution >= 0.6 is 0 Å². The standard InChI is InChI=1S/C23H24F3N3O2/c1-15-4-3-5-21(16(15)2)31-13-22(30)28-10-8-18(9-11-28)29-14-27-19-12-17(23(24,25)26)6-7-20(19)29/h3-7,12,14,18H,8-11,13H2,1-2H3. The molecular formula is C23H24F3N3O2. The van der Waals surface area contributed by atoms with E-state index in [1.54, 1.807) is 11.2 Å². The maximum absolute atomic E-state index is 12.9. The number of benzene rings is 2. The zero-order valence-corrected chi connectivity index (χ0v) is 17.4. The van der Waals surface area contributed by atoms with Crippen LogP contribution in [0.3, 0.4) is 0 Å². The Hall–Kier alpha value is -3.03. The van der Waals surface area contributed by atoms with Crippen LogP contribution in [0.15, 0.2) is 42.7 Å². The second kappa shape index (κ2) is 8.24. The summed E-state index contributed by atoms with van der Waals surface area (Å²) >= 11 is 0. The highest BCUT2D eigenvalue weighted by atomic mass is 19.4. The Morgan fingerprint density at radius 3 is 2.61 bits per heavy atom. The number of hydrogen-bond donors (Lipinski definition) is 0. The van der Waals surface area contributed by atoms with Crippen molar-refractivity contribution in [2.24, 2.45) is 0 Å². The number of aryl methyl sites for hydroxylation is 1. The van der Waals surface area contributed by atoms with Crippen molar-refractivity contribution in [3.8, 4) is 5.75 Å². The molecule has 2 heterocycles. The third kappa shape index (κ3) is 4.38. The van der Waals surface area contributed by atoms with Gasteiger partial charge in [0.25, 0.3) is 5.91 Å². The zero-order valence-electron chi connectivity index (χ0n) is 17.4. The minimum Gasteiger partial charge on any atom is -0.483 e. The Kier molecular flexibility index (Phi) is 5.64. The molecule has 1 aliphatic rings. The molecule has 0 unspecified atom stereocenters. The molecule has 0 spiro atoms. The van der Waals surface area contributed by atoms with Crippen LogP contribution in [-0.2, 0) is 11.0 Å². The number of rotatable bonds is 4. The maximum Gasteiger partial charge on any atom is 0.416 e. The summed E-state index contributed by atoms with van der Waals surface area (Å²) in [5.41, 5.74) is 2.44. The van der Waals surface area contributed by atoms with E-state index in [9.17, 15) is 18.0 Å². The number of piperidine rings is 1. The number of imidazole rings is 1. The first-order valence-electron chi connectivity index (χ1n) is 10.2. The Bertz CT molecular complexity index is 1100. The van der Waals surface area contributed by atoms with Crippen molar-refractivity contribution in [1.82, 2.24) is 14.5 Å². The SMILES string of the molecule is Cc1cccc(OCC(=O)N2CCC(n3cnc4cc(C(F)(F)F)ccc43)CC2)c1C. The van der Waals surface area contributed by atoms with Gasteiger partial charge in [0.1, 0.15) is 5.75 Å². The molecule has 0 aliphatic carbocycles. The lowest BCUT2D eigenvalue weighted by molar-refractivity contribution is -0.137. The first-order valence-corrected chi connectivity index (χ1v) is 10.2. The number of alkyl halides is 3. The van der Waals surface area contributed by atoms with Gasteiger partial charge in [-0.2, -0.15) is 13.2 Å². The number of likely N-dealkylation sites (tertiary alicyclic amines) is 1. The van der Waals surface area contributed by atoms with Crippen LogP contribution in [0, 0.1) is 13.8 Å². The van der Waals surface area contributed by atoms with Crippen LogP contribution in [0.25, 0.3) is 11.0 Å². The number of hydrogen-bond acceptors (Lipinski definition) is 3. The number of carbonyl (C=O) groups excluding carboxylic acids is 1. The van der Waals surface area contributed by atoms with Crippen LogP contribution < -0.4 is 4.74 Å². The second-order valence-electron chi connectivity index (χ2n) is 7.95. The Morgan fingerprint density at radius 1 is 1.16 bits per heavy atom. The number of nitrogens with zero attached hydrogens (tertiary/aromatic N) is 3. The lowest BCUT2D eigenvalue weighted by atomic mass is 10.0. The highest BCUT2D eigenvalue weighted by molar-refractivity contribution is 5.78.